The van der Waals surface area contributed by atoms with Gasteiger partial charge < -0.3 is 0 Å². The third-order valence-electron chi connectivity index (χ3n) is 4.07. The van der Waals surface area contributed by atoms with Gasteiger partial charge in [0, 0.05) is 10.8 Å². The second-order valence-electron chi connectivity index (χ2n) is 5.64. The van der Waals surface area contributed by atoms with E-state index in [9.17, 15) is 4.79 Å². The Bertz CT molecular complexity index is 1060. The fourth-order valence-electron chi connectivity index (χ4n) is 2.93. The summed E-state index contributed by atoms with van der Waals surface area (Å²) in [6.07, 6.45) is 1.99. The average molecular weight is 290 g/mol. The molecule has 0 aliphatic heterocycles. The minimum absolute atomic E-state index is 0.0351. The molecule has 0 saturated heterocycles. The van der Waals surface area contributed by atoms with Crippen molar-refractivity contribution in [2.45, 2.75) is 6.92 Å². The fourth-order valence-corrected chi connectivity index (χ4v) is 2.93. The SMILES string of the molecule is Cc1ccc(-n2[nH]c3c4ccccc4c[n+](C)c3c2=O)cc1. The third kappa shape index (κ3) is 1.77. The van der Waals surface area contributed by atoms with Gasteiger partial charge in [-0.3, -0.25) is 9.89 Å². The summed E-state index contributed by atoms with van der Waals surface area (Å²) >= 11 is 0. The summed E-state index contributed by atoms with van der Waals surface area (Å²) in [5, 5.41) is 5.43. The maximum Gasteiger partial charge on any atom is 0.344 e. The number of aromatic amines is 1. The molecular formula is C18H16N3O+. The van der Waals surface area contributed by atoms with E-state index in [1.807, 2.05) is 67.2 Å². The molecule has 2 aromatic heterocycles. The first-order chi connectivity index (χ1) is 10.6. The predicted octanol–water partition coefficient (Wildman–Crippen LogP) is 2.60. The Morgan fingerprint density at radius 2 is 1.77 bits per heavy atom. The van der Waals surface area contributed by atoms with Crippen LogP contribution >= 0.6 is 0 Å². The minimum Gasteiger partial charge on any atom is -0.284 e. The van der Waals surface area contributed by atoms with Gasteiger partial charge in [-0.15, -0.1) is 0 Å². The van der Waals surface area contributed by atoms with Gasteiger partial charge in [-0.25, -0.2) is 4.68 Å². The maximum absolute atomic E-state index is 12.8. The van der Waals surface area contributed by atoms with Gasteiger partial charge in [0.1, 0.15) is 12.6 Å². The number of aromatic nitrogens is 3. The van der Waals surface area contributed by atoms with Crippen molar-refractivity contribution in [1.82, 2.24) is 9.78 Å². The quantitative estimate of drug-likeness (QED) is 0.538. The molecule has 0 atom stereocenters. The molecule has 4 rings (SSSR count). The van der Waals surface area contributed by atoms with Crippen LogP contribution in [0.1, 0.15) is 5.56 Å². The number of hydrogen-bond donors (Lipinski definition) is 1. The molecule has 108 valence electrons. The van der Waals surface area contributed by atoms with E-state index in [0.29, 0.717) is 5.52 Å². The van der Waals surface area contributed by atoms with Gasteiger partial charge in [-0.1, -0.05) is 35.9 Å². The van der Waals surface area contributed by atoms with Crippen molar-refractivity contribution in [3.8, 4) is 5.69 Å². The Kier molecular flexibility index (Phi) is 2.66. The smallest absolute Gasteiger partial charge is 0.284 e. The number of rotatable bonds is 1. The first-order valence-corrected chi connectivity index (χ1v) is 7.24. The summed E-state index contributed by atoms with van der Waals surface area (Å²) in [7, 11) is 1.91. The molecule has 4 nitrogen and oxygen atoms in total. The normalized spacial score (nSPS) is 11.4. The van der Waals surface area contributed by atoms with E-state index in [1.54, 1.807) is 4.68 Å². The monoisotopic (exact) mass is 290 g/mol. The van der Waals surface area contributed by atoms with Crippen molar-refractivity contribution < 1.29 is 4.57 Å². The van der Waals surface area contributed by atoms with E-state index in [2.05, 4.69) is 11.2 Å². The van der Waals surface area contributed by atoms with E-state index >= 15 is 0 Å². The molecule has 0 bridgehead atoms. The zero-order valence-corrected chi connectivity index (χ0v) is 12.5. The molecule has 0 fully saturated rings. The van der Waals surface area contributed by atoms with Gasteiger partial charge in [0.2, 0.25) is 0 Å². The van der Waals surface area contributed by atoms with Crippen LogP contribution < -0.4 is 10.1 Å². The molecule has 0 aliphatic carbocycles. The Morgan fingerprint density at radius 1 is 1.05 bits per heavy atom. The van der Waals surface area contributed by atoms with Crippen LogP contribution in [0.3, 0.4) is 0 Å². The van der Waals surface area contributed by atoms with E-state index in [0.717, 1.165) is 22.0 Å². The van der Waals surface area contributed by atoms with Gasteiger partial charge >= 0.3 is 5.56 Å². The molecule has 4 aromatic rings. The molecule has 0 aliphatic rings. The van der Waals surface area contributed by atoms with Crippen LogP contribution in [-0.2, 0) is 7.05 Å². The van der Waals surface area contributed by atoms with Crippen molar-refractivity contribution in [2.75, 3.05) is 0 Å². The van der Waals surface area contributed by atoms with Gasteiger partial charge in [0.05, 0.1) is 5.69 Å². The number of H-pyrrole nitrogens is 1. The zero-order chi connectivity index (χ0) is 15.3. The molecule has 2 aromatic carbocycles. The van der Waals surface area contributed by atoms with E-state index in [1.165, 1.54) is 5.56 Å². The first kappa shape index (κ1) is 12.8. The molecule has 0 amide bonds. The molecule has 0 saturated carbocycles. The van der Waals surface area contributed by atoms with Crippen LogP contribution in [-0.4, -0.2) is 9.78 Å². The van der Waals surface area contributed by atoms with Crippen molar-refractivity contribution in [2.24, 2.45) is 7.05 Å². The molecular weight excluding hydrogens is 274 g/mol. The van der Waals surface area contributed by atoms with Crippen molar-refractivity contribution in [3.63, 3.8) is 0 Å². The lowest BCUT2D eigenvalue weighted by atomic mass is 10.1. The van der Waals surface area contributed by atoms with Crippen LogP contribution in [0, 0.1) is 6.92 Å². The summed E-state index contributed by atoms with van der Waals surface area (Å²) in [5.41, 5.74) is 3.53. The number of benzene rings is 2. The van der Waals surface area contributed by atoms with Crippen molar-refractivity contribution >= 4 is 21.8 Å². The first-order valence-electron chi connectivity index (χ1n) is 7.24. The van der Waals surface area contributed by atoms with Gasteiger partial charge in [-0.2, -0.15) is 4.57 Å². The number of fused-ring (bicyclic) bond motifs is 3. The van der Waals surface area contributed by atoms with Crippen molar-refractivity contribution in [1.29, 1.82) is 0 Å². The maximum atomic E-state index is 12.8. The lowest BCUT2D eigenvalue weighted by molar-refractivity contribution is -0.644. The molecule has 0 spiro atoms. The van der Waals surface area contributed by atoms with E-state index < -0.39 is 0 Å². The summed E-state index contributed by atoms with van der Waals surface area (Å²) in [4.78, 5) is 12.8. The highest BCUT2D eigenvalue weighted by atomic mass is 16.1. The average Bonchev–Trinajstić information content (AvgIpc) is 2.87. The van der Waals surface area contributed by atoms with Crippen LogP contribution in [0.25, 0.3) is 27.5 Å². The summed E-state index contributed by atoms with van der Waals surface area (Å²) in [6.45, 7) is 2.03. The third-order valence-corrected chi connectivity index (χ3v) is 4.07. The molecule has 1 N–H and O–H groups in total. The number of pyridine rings is 1. The molecule has 22 heavy (non-hydrogen) atoms. The van der Waals surface area contributed by atoms with Crippen LogP contribution in [0.4, 0.5) is 0 Å². The highest BCUT2D eigenvalue weighted by Crippen LogP contribution is 2.19. The Morgan fingerprint density at radius 3 is 2.55 bits per heavy atom. The number of nitrogens with one attached hydrogen (secondary N) is 1. The predicted molar refractivity (Wildman–Crippen MR) is 87.3 cm³/mol. The summed E-state index contributed by atoms with van der Waals surface area (Å²) in [5.74, 6) is 0. The number of hydrogen-bond acceptors (Lipinski definition) is 1. The van der Waals surface area contributed by atoms with Crippen molar-refractivity contribution in [3.05, 3.63) is 70.6 Å². The zero-order valence-electron chi connectivity index (χ0n) is 12.5. The van der Waals surface area contributed by atoms with Gasteiger partial charge in [0.15, 0.2) is 6.20 Å². The highest BCUT2D eigenvalue weighted by molar-refractivity contribution is 6.01. The molecule has 0 radical (unpaired) electrons. The summed E-state index contributed by atoms with van der Waals surface area (Å²) in [6, 6.07) is 16.0. The van der Waals surface area contributed by atoms with Gasteiger partial charge in [0.25, 0.3) is 5.52 Å². The Balaban J connectivity index is 2.12. The second kappa shape index (κ2) is 4.56. The van der Waals surface area contributed by atoms with E-state index in [4.69, 9.17) is 0 Å². The number of aryl methyl sites for hydroxylation is 2. The topological polar surface area (TPSA) is 41.7 Å². The van der Waals surface area contributed by atoms with Crippen LogP contribution in [0.2, 0.25) is 0 Å². The largest absolute Gasteiger partial charge is 0.344 e. The highest BCUT2D eigenvalue weighted by Gasteiger charge is 2.19. The van der Waals surface area contributed by atoms with Gasteiger partial charge in [-0.05, 0) is 25.1 Å². The summed E-state index contributed by atoms with van der Waals surface area (Å²) < 4.78 is 3.50. The minimum atomic E-state index is -0.0351. The van der Waals surface area contributed by atoms with E-state index in [-0.39, 0.29) is 5.56 Å². The molecule has 4 heteroatoms. The van der Waals surface area contributed by atoms with Crippen LogP contribution in [0.5, 0.6) is 0 Å². The Hall–Kier alpha value is -2.88. The molecule has 0 unspecified atom stereocenters. The Labute approximate surface area is 127 Å². The molecule has 2 heterocycles. The lowest BCUT2D eigenvalue weighted by Gasteiger charge is -2.00. The lowest BCUT2D eigenvalue weighted by Crippen LogP contribution is -2.33. The standard InChI is InChI=1S/C18H15N3O/c1-12-7-9-14(10-8-12)21-18(22)17-16(19-21)15-6-4-3-5-13(15)11-20(17)2/h3-11H,1-2H3/p+1. The number of nitrogens with zero attached hydrogens (tertiary/aromatic N) is 2. The second-order valence-corrected chi connectivity index (χ2v) is 5.64. The fraction of sp³-hybridized carbons (Fsp3) is 0.111. The van der Waals surface area contributed by atoms with Crippen LogP contribution in [0.15, 0.2) is 59.5 Å².